The lowest BCUT2D eigenvalue weighted by molar-refractivity contribution is -0.120. The number of amides is 1. The van der Waals surface area contributed by atoms with E-state index < -0.39 is 10.0 Å². The van der Waals surface area contributed by atoms with Crippen LogP contribution in [0.3, 0.4) is 0 Å². The molecule has 0 aliphatic carbocycles. The molecule has 1 saturated heterocycles. The number of carbonyl (C=O) groups excluding carboxylic acids is 1. The fraction of sp³-hybridized carbons (Fsp3) is 0.458. The molecule has 2 atom stereocenters. The molecular weight excluding hydrogens is 446 g/mol. The third-order valence-corrected chi connectivity index (χ3v) is 7.47. The Morgan fingerprint density at radius 2 is 1.94 bits per heavy atom. The van der Waals surface area contributed by atoms with Crippen molar-refractivity contribution in [3.05, 3.63) is 58.6 Å². The van der Waals surface area contributed by atoms with E-state index in [9.17, 15) is 13.2 Å². The highest BCUT2D eigenvalue weighted by Crippen LogP contribution is 2.26. The first kappa shape index (κ1) is 24.4. The molecule has 1 aliphatic rings. The molecule has 2 unspecified atom stereocenters. The number of hydrogen-bond acceptors (Lipinski definition) is 4. The van der Waals surface area contributed by atoms with Gasteiger partial charge in [-0.15, -0.1) is 0 Å². The first-order valence-electron chi connectivity index (χ1n) is 10.9. The summed E-state index contributed by atoms with van der Waals surface area (Å²) >= 11 is 6.16. The Bertz CT molecular complexity index is 1060. The molecule has 2 aromatic carbocycles. The molecule has 0 radical (unpaired) electrons. The second-order valence-electron chi connectivity index (χ2n) is 8.78. The summed E-state index contributed by atoms with van der Waals surface area (Å²) in [6.07, 6.45) is 3.56. The van der Waals surface area contributed by atoms with Crippen LogP contribution in [0.25, 0.3) is 0 Å². The van der Waals surface area contributed by atoms with Crippen molar-refractivity contribution in [2.24, 2.45) is 5.92 Å². The topological polar surface area (TPSA) is 69.7 Å². The summed E-state index contributed by atoms with van der Waals surface area (Å²) < 4.78 is 25.7. The van der Waals surface area contributed by atoms with E-state index in [0.29, 0.717) is 16.6 Å². The van der Waals surface area contributed by atoms with E-state index >= 15 is 0 Å². The average molecular weight is 478 g/mol. The molecular formula is C24H32ClN3O3S. The van der Waals surface area contributed by atoms with Gasteiger partial charge in [-0.3, -0.25) is 9.10 Å². The fourth-order valence-electron chi connectivity index (χ4n) is 4.04. The summed E-state index contributed by atoms with van der Waals surface area (Å²) in [5.74, 6) is 0.316. The summed E-state index contributed by atoms with van der Waals surface area (Å²) in [6.45, 7) is 7.83. The van der Waals surface area contributed by atoms with Gasteiger partial charge in [0.05, 0.1) is 18.0 Å². The monoisotopic (exact) mass is 477 g/mol. The summed E-state index contributed by atoms with van der Waals surface area (Å²) in [5, 5.41) is 3.36. The van der Waals surface area contributed by atoms with Crippen LogP contribution < -0.4 is 14.5 Å². The minimum absolute atomic E-state index is 0.250. The summed E-state index contributed by atoms with van der Waals surface area (Å²) in [5.41, 5.74) is 3.37. The van der Waals surface area contributed by atoms with Gasteiger partial charge in [0.15, 0.2) is 0 Å². The predicted molar refractivity (Wildman–Crippen MR) is 132 cm³/mol. The quantitative estimate of drug-likeness (QED) is 0.636. The lowest BCUT2D eigenvalue weighted by Crippen LogP contribution is -2.41. The van der Waals surface area contributed by atoms with Crippen molar-refractivity contribution in [3.63, 3.8) is 0 Å². The Morgan fingerprint density at radius 3 is 2.53 bits per heavy atom. The van der Waals surface area contributed by atoms with Crippen LogP contribution in [-0.4, -0.2) is 40.2 Å². The van der Waals surface area contributed by atoms with Gasteiger partial charge in [-0.1, -0.05) is 36.7 Å². The van der Waals surface area contributed by atoms with Gasteiger partial charge in [-0.25, -0.2) is 8.42 Å². The molecule has 8 heteroatoms. The maximum absolute atomic E-state index is 12.7. The van der Waals surface area contributed by atoms with Crippen molar-refractivity contribution >= 4 is 38.9 Å². The SMILES string of the molecule is Cc1ccc(N(CC(=O)NC(C)c2ccc(N3CCCC(C)C3)cc2)S(C)(=O)=O)cc1Cl. The van der Waals surface area contributed by atoms with Crippen molar-refractivity contribution in [2.45, 2.75) is 39.7 Å². The van der Waals surface area contributed by atoms with Crippen molar-refractivity contribution in [3.8, 4) is 0 Å². The zero-order valence-corrected chi connectivity index (χ0v) is 20.7. The molecule has 1 amide bonds. The van der Waals surface area contributed by atoms with Crippen LogP contribution in [0, 0.1) is 12.8 Å². The molecule has 1 N–H and O–H groups in total. The third kappa shape index (κ3) is 6.17. The van der Waals surface area contributed by atoms with Crippen molar-refractivity contribution < 1.29 is 13.2 Å². The molecule has 1 aliphatic heterocycles. The maximum atomic E-state index is 12.7. The highest BCUT2D eigenvalue weighted by molar-refractivity contribution is 7.92. The van der Waals surface area contributed by atoms with E-state index in [1.165, 1.54) is 18.5 Å². The smallest absolute Gasteiger partial charge is 0.241 e. The van der Waals surface area contributed by atoms with Crippen molar-refractivity contribution in [2.75, 3.05) is 35.1 Å². The van der Waals surface area contributed by atoms with E-state index in [2.05, 4.69) is 29.3 Å². The molecule has 6 nitrogen and oxygen atoms in total. The van der Waals surface area contributed by atoms with Crippen LogP contribution in [-0.2, 0) is 14.8 Å². The number of benzene rings is 2. The van der Waals surface area contributed by atoms with Gasteiger partial charge in [-0.05, 0) is 68.0 Å². The molecule has 0 spiro atoms. The number of hydrogen-bond donors (Lipinski definition) is 1. The number of nitrogens with zero attached hydrogens (tertiary/aromatic N) is 2. The summed E-state index contributed by atoms with van der Waals surface area (Å²) in [4.78, 5) is 15.1. The molecule has 1 heterocycles. The number of sulfonamides is 1. The van der Waals surface area contributed by atoms with E-state index in [-0.39, 0.29) is 18.5 Å². The molecule has 174 valence electrons. The van der Waals surface area contributed by atoms with Gasteiger partial charge in [-0.2, -0.15) is 0 Å². The zero-order chi connectivity index (χ0) is 23.5. The number of nitrogens with one attached hydrogen (secondary N) is 1. The van der Waals surface area contributed by atoms with Gasteiger partial charge in [0, 0.05) is 23.8 Å². The molecule has 0 bridgehead atoms. The number of aryl methyl sites for hydroxylation is 1. The highest BCUT2D eigenvalue weighted by Gasteiger charge is 2.23. The van der Waals surface area contributed by atoms with E-state index in [1.807, 2.05) is 26.0 Å². The third-order valence-electron chi connectivity index (χ3n) is 5.92. The minimum Gasteiger partial charge on any atom is -0.371 e. The van der Waals surface area contributed by atoms with Crippen LogP contribution in [0.15, 0.2) is 42.5 Å². The largest absolute Gasteiger partial charge is 0.371 e. The lowest BCUT2D eigenvalue weighted by atomic mass is 9.99. The molecule has 0 aromatic heterocycles. The van der Waals surface area contributed by atoms with Crippen molar-refractivity contribution in [1.82, 2.24) is 5.32 Å². The second-order valence-corrected chi connectivity index (χ2v) is 11.1. The average Bonchev–Trinajstić information content (AvgIpc) is 2.73. The molecule has 0 saturated carbocycles. The molecule has 2 aromatic rings. The van der Waals surface area contributed by atoms with Gasteiger partial charge in [0.1, 0.15) is 6.54 Å². The predicted octanol–water partition coefficient (Wildman–Crippen LogP) is 4.53. The Balaban J connectivity index is 1.66. The number of anilines is 2. The van der Waals surface area contributed by atoms with Crippen LogP contribution in [0.4, 0.5) is 11.4 Å². The summed E-state index contributed by atoms with van der Waals surface area (Å²) in [6, 6.07) is 12.9. The van der Waals surface area contributed by atoms with E-state index in [0.717, 1.165) is 34.8 Å². The highest BCUT2D eigenvalue weighted by atomic mass is 35.5. The van der Waals surface area contributed by atoms with E-state index in [1.54, 1.807) is 18.2 Å². The number of piperidine rings is 1. The Kier molecular flexibility index (Phi) is 7.72. The second kappa shape index (κ2) is 10.1. The summed E-state index contributed by atoms with van der Waals surface area (Å²) in [7, 11) is -3.66. The first-order chi connectivity index (χ1) is 15.0. The number of halogens is 1. The Morgan fingerprint density at radius 1 is 1.25 bits per heavy atom. The van der Waals surface area contributed by atoms with Crippen molar-refractivity contribution in [1.29, 1.82) is 0 Å². The fourth-order valence-corrected chi connectivity index (χ4v) is 5.06. The van der Waals surface area contributed by atoms with Crippen LogP contribution in [0.5, 0.6) is 0 Å². The minimum atomic E-state index is -3.66. The number of rotatable bonds is 7. The molecule has 3 rings (SSSR count). The van der Waals surface area contributed by atoms with Crippen LogP contribution in [0.2, 0.25) is 5.02 Å². The Labute approximate surface area is 196 Å². The number of carbonyl (C=O) groups is 1. The zero-order valence-electron chi connectivity index (χ0n) is 19.1. The lowest BCUT2D eigenvalue weighted by Gasteiger charge is -2.33. The standard InChI is InChI=1S/C24H32ClN3O3S/c1-17-6-5-13-27(15-17)21-11-8-20(9-12-21)19(3)26-24(29)16-28(32(4,30)31)22-10-7-18(2)23(25)14-22/h7-12,14,17,19H,5-6,13,15-16H2,1-4H3,(H,26,29). The van der Waals surface area contributed by atoms with Gasteiger partial charge in [0.2, 0.25) is 15.9 Å². The molecule has 1 fully saturated rings. The van der Waals surface area contributed by atoms with Crippen LogP contribution >= 0.6 is 11.6 Å². The van der Waals surface area contributed by atoms with Gasteiger partial charge in [0.25, 0.3) is 0 Å². The van der Waals surface area contributed by atoms with E-state index in [4.69, 9.17) is 11.6 Å². The Hall–Kier alpha value is -2.25. The normalized spacial score (nSPS) is 17.7. The van der Waals surface area contributed by atoms with Crippen LogP contribution in [0.1, 0.15) is 43.9 Å². The van der Waals surface area contributed by atoms with Gasteiger partial charge < -0.3 is 10.2 Å². The first-order valence-corrected chi connectivity index (χ1v) is 13.2. The van der Waals surface area contributed by atoms with Gasteiger partial charge >= 0.3 is 0 Å². The molecule has 32 heavy (non-hydrogen) atoms. The maximum Gasteiger partial charge on any atom is 0.241 e.